The molecule has 120 valence electrons. The molecule has 0 aliphatic heterocycles. The second-order valence-electron chi connectivity index (χ2n) is 5.24. The third-order valence-corrected chi connectivity index (χ3v) is 3.60. The average molecular weight is 335 g/mol. The first-order valence-corrected chi connectivity index (χ1v) is 7.91. The molecule has 3 rings (SSSR count). The first-order chi connectivity index (χ1) is 11.7. The molecule has 0 saturated carbocycles. The fraction of sp³-hybridized carbons (Fsp3) is 0.0526. The molecule has 0 aromatic heterocycles. The fourth-order valence-corrected chi connectivity index (χ4v) is 2.43. The topological polar surface area (TPSA) is 59.6 Å². The normalized spacial score (nSPS) is 10.8. The minimum atomic E-state index is 0.126. The number of hydrazone groups is 1. The molecule has 0 heterocycles. The number of nitrogens with zero attached hydrogens (tertiary/aromatic N) is 1. The largest absolute Gasteiger partial charge is 0.488 e. The molecule has 4 nitrogen and oxygen atoms in total. The molecule has 3 N–H and O–H groups in total. The van der Waals surface area contributed by atoms with Crippen LogP contribution in [-0.2, 0) is 6.61 Å². The van der Waals surface area contributed by atoms with Crippen LogP contribution in [-0.4, -0.2) is 11.3 Å². The first kappa shape index (κ1) is 16.0. The monoisotopic (exact) mass is 335 g/mol. The lowest BCUT2D eigenvalue weighted by molar-refractivity contribution is 0.306. The Hall–Kier alpha value is -2.92. The second kappa shape index (κ2) is 7.57. The van der Waals surface area contributed by atoms with Crippen molar-refractivity contribution in [1.29, 1.82) is 0 Å². The number of ether oxygens (including phenoxy) is 1. The molecule has 0 aliphatic rings. The Balaban J connectivity index is 1.73. The van der Waals surface area contributed by atoms with E-state index in [1.54, 1.807) is 6.21 Å². The quantitative estimate of drug-likeness (QED) is 0.425. The van der Waals surface area contributed by atoms with E-state index in [1.165, 1.54) is 10.8 Å². The highest BCUT2D eigenvalue weighted by molar-refractivity contribution is 7.80. The van der Waals surface area contributed by atoms with Crippen molar-refractivity contribution < 1.29 is 4.74 Å². The number of hydrogen-bond donors (Lipinski definition) is 2. The van der Waals surface area contributed by atoms with E-state index in [4.69, 9.17) is 22.7 Å². The molecule has 0 unspecified atom stereocenters. The van der Waals surface area contributed by atoms with Gasteiger partial charge in [-0.05, 0) is 46.8 Å². The summed E-state index contributed by atoms with van der Waals surface area (Å²) in [4.78, 5) is 0. The Bertz CT molecular complexity index is 892. The molecule has 0 saturated heterocycles. The third kappa shape index (κ3) is 4.08. The minimum Gasteiger partial charge on any atom is -0.488 e. The fourth-order valence-electron chi connectivity index (χ4n) is 2.37. The van der Waals surface area contributed by atoms with Crippen molar-refractivity contribution in [2.45, 2.75) is 6.61 Å². The van der Waals surface area contributed by atoms with Crippen LogP contribution < -0.4 is 15.9 Å². The van der Waals surface area contributed by atoms with Gasteiger partial charge in [0.25, 0.3) is 0 Å². The van der Waals surface area contributed by atoms with E-state index in [2.05, 4.69) is 40.9 Å². The zero-order valence-electron chi connectivity index (χ0n) is 13.0. The molecular weight excluding hydrogens is 318 g/mol. The summed E-state index contributed by atoms with van der Waals surface area (Å²) in [6, 6.07) is 22.3. The number of nitrogens with two attached hydrogens (primary N) is 1. The second-order valence-corrected chi connectivity index (χ2v) is 5.68. The third-order valence-electron chi connectivity index (χ3n) is 3.51. The van der Waals surface area contributed by atoms with Gasteiger partial charge in [0.2, 0.25) is 0 Å². The van der Waals surface area contributed by atoms with Crippen molar-refractivity contribution >= 4 is 34.3 Å². The molecule has 0 atom stereocenters. The van der Waals surface area contributed by atoms with E-state index < -0.39 is 0 Å². The van der Waals surface area contributed by atoms with Crippen LogP contribution in [0.4, 0.5) is 0 Å². The maximum Gasteiger partial charge on any atom is 0.184 e. The number of fused-ring (bicyclic) bond motifs is 1. The van der Waals surface area contributed by atoms with Crippen LogP contribution in [0.3, 0.4) is 0 Å². The van der Waals surface area contributed by atoms with Gasteiger partial charge in [0.05, 0.1) is 6.21 Å². The van der Waals surface area contributed by atoms with Gasteiger partial charge in [0.15, 0.2) is 5.11 Å². The zero-order valence-corrected chi connectivity index (χ0v) is 13.8. The number of para-hydroxylation sites is 1. The molecule has 0 amide bonds. The SMILES string of the molecule is NC(=S)NN=Cc1ccccc1OCc1ccc2ccccc2c1. The molecule has 0 spiro atoms. The van der Waals surface area contributed by atoms with Crippen molar-refractivity contribution in [3.63, 3.8) is 0 Å². The molecule has 0 bridgehead atoms. The van der Waals surface area contributed by atoms with Crippen LogP contribution in [0.1, 0.15) is 11.1 Å². The summed E-state index contributed by atoms with van der Waals surface area (Å²) >= 11 is 4.72. The molecular formula is C19H17N3OS. The summed E-state index contributed by atoms with van der Waals surface area (Å²) in [5.74, 6) is 0.749. The van der Waals surface area contributed by atoms with Crippen LogP contribution >= 0.6 is 12.2 Å². The zero-order chi connectivity index (χ0) is 16.8. The van der Waals surface area contributed by atoms with Gasteiger partial charge in [0.1, 0.15) is 12.4 Å². The van der Waals surface area contributed by atoms with E-state index in [1.807, 2.05) is 36.4 Å². The van der Waals surface area contributed by atoms with Gasteiger partial charge < -0.3 is 10.5 Å². The van der Waals surface area contributed by atoms with Crippen LogP contribution in [0.25, 0.3) is 10.8 Å². The highest BCUT2D eigenvalue weighted by atomic mass is 32.1. The van der Waals surface area contributed by atoms with Gasteiger partial charge in [-0.2, -0.15) is 5.10 Å². The number of rotatable bonds is 5. The van der Waals surface area contributed by atoms with Crippen LogP contribution in [0.5, 0.6) is 5.75 Å². The summed E-state index contributed by atoms with van der Waals surface area (Å²) in [5, 5.41) is 6.53. The van der Waals surface area contributed by atoms with Crippen molar-refractivity contribution in [1.82, 2.24) is 5.43 Å². The maximum atomic E-state index is 5.95. The standard InChI is InChI=1S/C19H17N3OS/c20-19(24)22-21-12-17-7-3-4-8-18(17)23-13-14-9-10-15-5-1-2-6-16(15)11-14/h1-12H,13H2,(H3,20,22,24). The van der Waals surface area contributed by atoms with Gasteiger partial charge >= 0.3 is 0 Å². The maximum absolute atomic E-state index is 5.95. The van der Waals surface area contributed by atoms with Gasteiger partial charge in [0, 0.05) is 5.56 Å². The molecule has 5 heteroatoms. The number of nitrogens with one attached hydrogen (secondary N) is 1. The van der Waals surface area contributed by atoms with E-state index in [-0.39, 0.29) is 5.11 Å². The van der Waals surface area contributed by atoms with E-state index in [9.17, 15) is 0 Å². The smallest absolute Gasteiger partial charge is 0.184 e. The van der Waals surface area contributed by atoms with Gasteiger partial charge in [-0.15, -0.1) is 0 Å². The predicted molar refractivity (Wildman–Crippen MR) is 102 cm³/mol. The summed E-state index contributed by atoms with van der Waals surface area (Å²) in [7, 11) is 0. The summed E-state index contributed by atoms with van der Waals surface area (Å²) in [5.41, 5.74) is 9.85. The van der Waals surface area contributed by atoms with Crippen LogP contribution in [0.2, 0.25) is 0 Å². The van der Waals surface area contributed by atoms with E-state index in [0.717, 1.165) is 16.9 Å². The Morgan fingerprint density at radius 3 is 2.62 bits per heavy atom. The highest BCUT2D eigenvalue weighted by Gasteiger charge is 2.02. The summed E-state index contributed by atoms with van der Waals surface area (Å²) in [6.45, 7) is 0.485. The highest BCUT2D eigenvalue weighted by Crippen LogP contribution is 2.20. The Morgan fingerprint density at radius 2 is 1.79 bits per heavy atom. The molecule has 24 heavy (non-hydrogen) atoms. The minimum absolute atomic E-state index is 0.126. The summed E-state index contributed by atoms with van der Waals surface area (Å²) in [6.07, 6.45) is 1.63. The van der Waals surface area contributed by atoms with Crippen LogP contribution in [0.15, 0.2) is 71.8 Å². The molecule has 0 fully saturated rings. The lowest BCUT2D eigenvalue weighted by Gasteiger charge is -2.10. The van der Waals surface area contributed by atoms with Crippen LogP contribution in [0, 0.1) is 0 Å². The Labute approximate surface area is 145 Å². The molecule has 3 aromatic rings. The van der Waals surface area contributed by atoms with Crippen molar-refractivity contribution in [2.24, 2.45) is 10.8 Å². The summed E-state index contributed by atoms with van der Waals surface area (Å²) < 4.78 is 5.95. The van der Waals surface area contributed by atoms with E-state index in [0.29, 0.717) is 6.61 Å². The first-order valence-electron chi connectivity index (χ1n) is 7.50. The van der Waals surface area contributed by atoms with Crippen molar-refractivity contribution in [2.75, 3.05) is 0 Å². The number of benzene rings is 3. The molecule has 3 aromatic carbocycles. The van der Waals surface area contributed by atoms with Crippen molar-refractivity contribution in [3.05, 3.63) is 77.9 Å². The Kier molecular flexibility index (Phi) is 5.03. The Morgan fingerprint density at radius 1 is 1.04 bits per heavy atom. The van der Waals surface area contributed by atoms with Crippen molar-refractivity contribution in [3.8, 4) is 5.75 Å². The average Bonchev–Trinajstić information content (AvgIpc) is 2.60. The lowest BCUT2D eigenvalue weighted by atomic mass is 10.1. The van der Waals surface area contributed by atoms with Gasteiger partial charge in [-0.3, -0.25) is 5.43 Å². The van der Waals surface area contributed by atoms with Gasteiger partial charge in [-0.25, -0.2) is 0 Å². The molecule has 0 aliphatic carbocycles. The van der Waals surface area contributed by atoms with E-state index >= 15 is 0 Å². The number of hydrogen-bond acceptors (Lipinski definition) is 3. The molecule has 0 radical (unpaired) electrons. The number of thiocarbonyl (C=S) groups is 1. The lowest BCUT2D eigenvalue weighted by Crippen LogP contribution is -2.24. The van der Waals surface area contributed by atoms with Gasteiger partial charge in [-0.1, -0.05) is 48.5 Å². The predicted octanol–water partition coefficient (Wildman–Crippen LogP) is 3.59.